The molecule has 19 heavy (non-hydrogen) atoms. The van der Waals surface area contributed by atoms with Crippen LogP contribution in [0.3, 0.4) is 0 Å². The quantitative estimate of drug-likeness (QED) is 0.665. The average molecular weight is 283 g/mol. The summed E-state index contributed by atoms with van der Waals surface area (Å²) in [7, 11) is 0. The second kappa shape index (κ2) is 5.77. The Morgan fingerprint density at radius 1 is 1.37 bits per heavy atom. The molecule has 0 spiro atoms. The SMILES string of the molecule is NCCCc1nnc(-c2cc(Cl)cc([N+](=O)[O-])c2)o1. The van der Waals surface area contributed by atoms with E-state index in [4.69, 9.17) is 21.8 Å². The normalized spacial score (nSPS) is 10.6. The third-order valence-corrected chi connectivity index (χ3v) is 2.62. The molecule has 0 saturated carbocycles. The molecule has 2 rings (SSSR count). The summed E-state index contributed by atoms with van der Waals surface area (Å²) in [5.74, 6) is 0.653. The van der Waals surface area contributed by atoms with E-state index in [1.54, 1.807) is 0 Å². The molecule has 0 aliphatic rings. The molecule has 0 saturated heterocycles. The number of hydrogen-bond donors (Lipinski definition) is 1. The van der Waals surface area contributed by atoms with Gasteiger partial charge in [-0.1, -0.05) is 11.6 Å². The second-order valence-electron chi connectivity index (χ2n) is 3.85. The molecule has 1 heterocycles. The van der Waals surface area contributed by atoms with Crippen LogP contribution in [0.4, 0.5) is 5.69 Å². The number of benzene rings is 1. The van der Waals surface area contributed by atoms with Crippen molar-refractivity contribution in [3.05, 3.63) is 39.2 Å². The van der Waals surface area contributed by atoms with Crippen LogP contribution < -0.4 is 5.73 Å². The highest BCUT2D eigenvalue weighted by Gasteiger charge is 2.14. The molecule has 8 heteroatoms. The van der Waals surface area contributed by atoms with Crippen LogP contribution >= 0.6 is 11.6 Å². The van der Waals surface area contributed by atoms with Crippen molar-refractivity contribution < 1.29 is 9.34 Å². The highest BCUT2D eigenvalue weighted by molar-refractivity contribution is 6.31. The van der Waals surface area contributed by atoms with Gasteiger partial charge in [0.15, 0.2) is 0 Å². The van der Waals surface area contributed by atoms with Crippen molar-refractivity contribution in [3.63, 3.8) is 0 Å². The van der Waals surface area contributed by atoms with E-state index in [0.717, 1.165) is 6.42 Å². The number of nitrogens with two attached hydrogens (primary N) is 1. The number of hydrogen-bond acceptors (Lipinski definition) is 6. The number of rotatable bonds is 5. The Bertz CT molecular complexity index is 599. The maximum absolute atomic E-state index is 10.7. The number of non-ortho nitro benzene ring substituents is 1. The monoisotopic (exact) mass is 282 g/mol. The van der Waals surface area contributed by atoms with E-state index in [1.165, 1.54) is 18.2 Å². The summed E-state index contributed by atoms with van der Waals surface area (Å²) in [4.78, 5) is 10.2. The van der Waals surface area contributed by atoms with Crippen LogP contribution in [0, 0.1) is 10.1 Å². The topological polar surface area (TPSA) is 108 Å². The van der Waals surface area contributed by atoms with Crippen molar-refractivity contribution in [3.8, 4) is 11.5 Å². The molecule has 100 valence electrons. The zero-order valence-electron chi connectivity index (χ0n) is 9.88. The average Bonchev–Trinajstić information content (AvgIpc) is 2.84. The van der Waals surface area contributed by atoms with Gasteiger partial charge in [0.05, 0.1) is 4.92 Å². The molecule has 0 fully saturated rings. The van der Waals surface area contributed by atoms with Gasteiger partial charge in [0, 0.05) is 29.1 Å². The molecular formula is C11H11ClN4O3. The fraction of sp³-hybridized carbons (Fsp3) is 0.273. The maximum Gasteiger partial charge on any atom is 0.271 e. The van der Waals surface area contributed by atoms with Crippen molar-refractivity contribution in [2.75, 3.05) is 6.54 Å². The van der Waals surface area contributed by atoms with Crippen molar-refractivity contribution in [2.45, 2.75) is 12.8 Å². The first-order chi connectivity index (χ1) is 9.10. The molecule has 0 aliphatic carbocycles. The Morgan fingerprint density at radius 3 is 2.84 bits per heavy atom. The van der Waals surface area contributed by atoms with Crippen LogP contribution in [0.25, 0.3) is 11.5 Å². The Hall–Kier alpha value is -1.99. The number of nitrogens with zero attached hydrogens (tertiary/aromatic N) is 3. The van der Waals surface area contributed by atoms with Crippen LogP contribution in [-0.2, 0) is 6.42 Å². The Labute approximate surface area is 113 Å². The number of aromatic nitrogens is 2. The first-order valence-electron chi connectivity index (χ1n) is 5.58. The van der Waals surface area contributed by atoms with Crippen molar-refractivity contribution >= 4 is 17.3 Å². The van der Waals surface area contributed by atoms with Gasteiger partial charge >= 0.3 is 0 Å². The van der Waals surface area contributed by atoms with Crippen molar-refractivity contribution in [1.82, 2.24) is 10.2 Å². The fourth-order valence-electron chi connectivity index (χ4n) is 1.53. The largest absolute Gasteiger partial charge is 0.421 e. The Balaban J connectivity index is 2.30. The summed E-state index contributed by atoms with van der Waals surface area (Å²) in [6.07, 6.45) is 1.31. The van der Waals surface area contributed by atoms with E-state index in [2.05, 4.69) is 10.2 Å². The molecule has 0 unspecified atom stereocenters. The molecule has 0 radical (unpaired) electrons. The molecule has 0 amide bonds. The molecule has 0 bridgehead atoms. The number of halogens is 1. The number of aryl methyl sites for hydroxylation is 1. The Morgan fingerprint density at radius 2 is 2.16 bits per heavy atom. The third-order valence-electron chi connectivity index (χ3n) is 2.40. The second-order valence-corrected chi connectivity index (χ2v) is 4.28. The fourth-order valence-corrected chi connectivity index (χ4v) is 1.76. The molecule has 7 nitrogen and oxygen atoms in total. The first kappa shape index (κ1) is 13.4. The minimum Gasteiger partial charge on any atom is -0.421 e. The van der Waals surface area contributed by atoms with E-state index >= 15 is 0 Å². The van der Waals surface area contributed by atoms with Crippen LogP contribution in [0.5, 0.6) is 0 Å². The van der Waals surface area contributed by atoms with Gasteiger partial charge in [-0.15, -0.1) is 10.2 Å². The van der Waals surface area contributed by atoms with Gasteiger partial charge in [0.1, 0.15) is 0 Å². The molecule has 2 aromatic rings. The lowest BCUT2D eigenvalue weighted by molar-refractivity contribution is -0.384. The standard InChI is InChI=1S/C11H11ClN4O3/c12-8-4-7(5-9(6-8)16(17)18)11-15-14-10(19-11)2-1-3-13/h4-6H,1-3,13H2. The van der Waals surface area contributed by atoms with E-state index in [0.29, 0.717) is 24.4 Å². The van der Waals surface area contributed by atoms with Gasteiger partial charge in [-0.2, -0.15) is 0 Å². The van der Waals surface area contributed by atoms with E-state index in [9.17, 15) is 10.1 Å². The molecular weight excluding hydrogens is 272 g/mol. The summed E-state index contributed by atoms with van der Waals surface area (Å²) in [6.45, 7) is 0.528. The van der Waals surface area contributed by atoms with Crippen molar-refractivity contribution in [2.24, 2.45) is 5.73 Å². The minimum absolute atomic E-state index is 0.121. The zero-order chi connectivity index (χ0) is 13.8. The van der Waals surface area contributed by atoms with Gasteiger partial charge in [0.2, 0.25) is 11.8 Å². The van der Waals surface area contributed by atoms with Gasteiger partial charge in [-0.05, 0) is 19.0 Å². The molecule has 1 aromatic carbocycles. The van der Waals surface area contributed by atoms with Crippen LogP contribution in [-0.4, -0.2) is 21.7 Å². The lowest BCUT2D eigenvalue weighted by Crippen LogP contribution is -2.00. The van der Waals surface area contributed by atoms with Gasteiger partial charge in [-0.25, -0.2) is 0 Å². The highest BCUT2D eigenvalue weighted by atomic mass is 35.5. The van der Waals surface area contributed by atoms with Gasteiger partial charge < -0.3 is 10.2 Å². The van der Waals surface area contributed by atoms with Crippen LogP contribution in [0.1, 0.15) is 12.3 Å². The van der Waals surface area contributed by atoms with Crippen molar-refractivity contribution in [1.29, 1.82) is 0 Å². The van der Waals surface area contributed by atoms with Gasteiger partial charge in [0.25, 0.3) is 5.69 Å². The predicted octanol–water partition coefficient (Wildman–Crippen LogP) is 2.19. The molecule has 1 aromatic heterocycles. The van der Waals surface area contributed by atoms with Crippen LogP contribution in [0.2, 0.25) is 5.02 Å². The van der Waals surface area contributed by atoms with E-state index < -0.39 is 4.92 Å². The lowest BCUT2D eigenvalue weighted by atomic mass is 10.2. The van der Waals surface area contributed by atoms with E-state index in [1.807, 2.05) is 0 Å². The first-order valence-corrected chi connectivity index (χ1v) is 5.96. The van der Waals surface area contributed by atoms with Gasteiger partial charge in [-0.3, -0.25) is 10.1 Å². The Kier molecular flexibility index (Phi) is 4.08. The highest BCUT2D eigenvalue weighted by Crippen LogP contribution is 2.27. The zero-order valence-corrected chi connectivity index (χ0v) is 10.6. The summed E-state index contributed by atoms with van der Waals surface area (Å²) < 4.78 is 5.40. The summed E-state index contributed by atoms with van der Waals surface area (Å²) in [6, 6.07) is 4.14. The third kappa shape index (κ3) is 3.27. The predicted molar refractivity (Wildman–Crippen MR) is 68.8 cm³/mol. The lowest BCUT2D eigenvalue weighted by Gasteiger charge is -1.97. The summed E-state index contributed by atoms with van der Waals surface area (Å²) in [5, 5.41) is 18.7. The van der Waals surface area contributed by atoms with Crippen LogP contribution in [0.15, 0.2) is 22.6 Å². The van der Waals surface area contributed by atoms with E-state index in [-0.39, 0.29) is 16.6 Å². The molecule has 0 atom stereocenters. The summed E-state index contributed by atoms with van der Waals surface area (Å²) in [5.41, 5.74) is 5.69. The smallest absolute Gasteiger partial charge is 0.271 e. The minimum atomic E-state index is -0.527. The number of nitro groups is 1. The molecule has 0 aliphatic heterocycles. The maximum atomic E-state index is 10.7. The summed E-state index contributed by atoms with van der Waals surface area (Å²) >= 11 is 5.82. The number of nitro benzene ring substituents is 1. The molecule has 2 N–H and O–H groups in total.